The Labute approximate surface area is 94.2 Å². The van der Waals surface area contributed by atoms with Gasteiger partial charge < -0.3 is 9.47 Å². The average molecular weight is 245 g/mol. The van der Waals surface area contributed by atoms with Gasteiger partial charge in [0, 0.05) is 0 Å². The van der Waals surface area contributed by atoms with E-state index in [1.807, 2.05) is 0 Å². The molecule has 17 heavy (non-hydrogen) atoms. The highest BCUT2D eigenvalue weighted by molar-refractivity contribution is 5.92. The van der Waals surface area contributed by atoms with E-state index in [-0.39, 0.29) is 5.56 Å². The minimum absolute atomic E-state index is 0.248. The Balaban J connectivity index is 3.28. The molecule has 1 rings (SSSR count). The van der Waals surface area contributed by atoms with E-state index < -0.39 is 23.5 Å². The van der Waals surface area contributed by atoms with E-state index in [2.05, 4.69) is 9.47 Å². The Kier molecular flexibility index (Phi) is 3.58. The lowest BCUT2D eigenvalue weighted by Gasteiger charge is -2.09. The molecule has 4 nitrogen and oxygen atoms in total. The molecule has 0 atom stereocenters. The van der Waals surface area contributed by atoms with Gasteiger partial charge in [-0.2, -0.15) is 13.2 Å². The van der Waals surface area contributed by atoms with Crippen molar-refractivity contribution in [3.63, 3.8) is 0 Å². The molecular weight excluding hydrogens is 239 g/mol. The Morgan fingerprint density at radius 3 is 2.53 bits per heavy atom. The number of rotatable bonds is 2. The van der Waals surface area contributed by atoms with Gasteiger partial charge in [-0.05, 0) is 18.2 Å². The standard InChI is InChI=1S/C10H6F3NO3/c1-16-9(15)7-3-2-6(10(11,12)13)4-8(7)17-5-14/h2-4H,1H3. The molecule has 1 aromatic rings. The van der Waals surface area contributed by atoms with Crippen molar-refractivity contribution in [2.75, 3.05) is 7.11 Å². The number of hydrogen-bond donors (Lipinski definition) is 0. The summed E-state index contributed by atoms with van der Waals surface area (Å²) < 4.78 is 45.7. The number of esters is 1. The van der Waals surface area contributed by atoms with Crippen LogP contribution in [0.25, 0.3) is 0 Å². The predicted octanol–water partition coefficient (Wildman–Crippen LogP) is 2.35. The molecule has 0 spiro atoms. The van der Waals surface area contributed by atoms with Gasteiger partial charge in [-0.1, -0.05) is 0 Å². The first-order valence-electron chi connectivity index (χ1n) is 4.25. The van der Waals surface area contributed by atoms with Crippen LogP contribution in [0.1, 0.15) is 15.9 Å². The summed E-state index contributed by atoms with van der Waals surface area (Å²) in [6.07, 6.45) is -3.37. The van der Waals surface area contributed by atoms with Crippen LogP contribution in [0.4, 0.5) is 13.2 Å². The van der Waals surface area contributed by atoms with Crippen molar-refractivity contribution >= 4 is 5.97 Å². The second-order valence-electron chi connectivity index (χ2n) is 2.89. The molecule has 0 N–H and O–H groups in total. The lowest BCUT2D eigenvalue weighted by molar-refractivity contribution is -0.137. The summed E-state index contributed by atoms with van der Waals surface area (Å²) in [5, 5.41) is 8.29. The van der Waals surface area contributed by atoms with Crippen molar-refractivity contribution in [2.45, 2.75) is 6.18 Å². The molecule has 90 valence electrons. The number of methoxy groups -OCH3 is 1. The Bertz CT molecular complexity index is 477. The molecule has 0 aromatic heterocycles. The number of halogens is 3. The van der Waals surface area contributed by atoms with Gasteiger partial charge in [-0.25, -0.2) is 4.79 Å². The number of alkyl halides is 3. The van der Waals surface area contributed by atoms with Gasteiger partial charge >= 0.3 is 12.1 Å². The number of nitriles is 1. The molecule has 0 saturated carbocycles. The summed E-state index contributed by atoms with van der Waals surface area (Å²) in [5.74, 6) is -1.38. The highest BCUT2D eigenvalue weighted by Crippen LogP contribution is 2.33. The minimum atomic E-state index is -4.58. The molecule has 7 heteroatoms. The smallest absolute Gasteiger partial charge is 0.416 e. The molecule has 0 radical (unpaired) electrons. The van der Waals surface area contributed by atoms with Crippen molar-refractivity contribution in [3.8, 4) is 12.0 Å². The van der Waals surface area contributed by atoms with Crippen LogP contribution in [-0.2, 0) is 10.9 Å². The van der Waals surface area contributed by atoms with Crippen molar-refractivity contribution in [1.82, 2.24) is 0 Å². The van der Waals surface area contributed by atoms with E-state index in [1.165, 1.54) is 6.26 Å². The first-order chi connectivity index (χ1) is 7.90. The molecule has 0 amide bonds. The number of hydrogen-bond acceptors (Lipinski definition) is 4. The first kappa shape index (κ1) is 12.8. The van der Waals surface area contributed by atoms with Crippen LogP contribution in [-0.4, -0.2) is 13.1 Å². The number of benzene rings is 1. The summed E-state index contributed by atoms with van der Waals surface area (Å²) >= 11 is 0. The number of carbonyl (C=O) groups excluding carboxylic acids is 1. The second-order valence-corrected chi connectivity index (χ2v) is 2.89. The van der Waals surface area contributed by atoms with Gasteiger partial charge in [0.15, 0.2) is 5.75 Å². The van der Waals surface area contributed by atoms with E-state index in [0.29, 0.717) is 12.1 Å². The SMILES string of the molecule is COC(=O)c1ccc(C(F)(F)F)cc1OC#N. The lowest BCUT2D eigenvalue weighted by Crippen LogP contribution is -2.09. The summed E-state index contributed by atoms with van der Waals surface area (Å²) in [7, 11) is 1.07. The maximum atomic E-state index is 12.4. The van der Waals surface area contributed by atoms with E-state index >= 15 is 0 Å². The summed E-state index contributed by atoms with van der Waals surface area (Å²) in [4.78, 5) is 11.2. The van der Waals surface area contributed by atoms with Gasteiger partial charge in [-0.3, -0.25) is 0 Å². The summed E-state index contributed by atoms with van der Waals surface area (Å²) in [6.45, 7) is 0. The third-order valence-electron chi connectivity index (χ3n) is 1.87. The zero-order chi connectivity index (χ0) is 13.1. The van der Waals surface area contributed by atoms with E-state index in [1.54, 1.807) is 0 Å². The van der Waals surface area contributed by atoms with Crippen LogP contribution in [0.15, 0.2) is 18.2 Å². The highest BCUT2D eigenvalue weighted by Gasteiger charge is 2.32. The first-order valence-corrected chi connectivity index (χ1v) is 4.25. The Hall–Kier alpha value is -2.23. The van der Waals surface area contributed by atoms with Crippen molar-refractivity contribution in [2.24, 2.45) is 0 Å². The zero-order valence-corrected chi connectivity index (χ0v) is 8.54. The molecule has 0 fully saturated rings. The van der Waals surface area contributed by atoms with Crippen LogP contribution in [0.2, 0.25) is 0 Å². The van der Waals surface area contributed by atoms with Crippen LogP contribution >= 0.6 is 0 Å². The fraction of sp³-hybridized carbons (Fsp3) is 0.200. The molecular formula is C10H6F3NO3. The number of ether oxygens (including phenoxy) is 2. The Morgan fingerprint density at radius 1 is 1.41 bits per heavy atom. The molecule has 0 unspecified atom stereocenters. The predicted molar refractivity (Wildman–Crippen MR) is 49.0 cm³/mol. The number of nitrogens with zero attached hydrogens (tertiary/aromatic N) is 1. The van der Waals surface area contributed by atoms with Gasteiger partial charge in [0.1, 0.15) is 5.56 Å². The molecule has 0 saturated heterocycles. The lowest BCUT2D eigenvalue weighted by atomic mass is 10.1. The third kappa shape index (κ3) is 2.87. The summed E-state index contributed by atoms with van der Waals surface area (Å²) in [5.41, 5.74) is -1.27. The monoisotopic (exact) mass is 245 g/mol. The molecule has 0 bridgehead atoms. The molecule has 0 heterocycles. The van der Waals surface area contributed by atoms with Crippen molar-refractivity contribution < 1.29 is 27.4 Å². The largest absolute Gasteiger partial charge is 0.465 e. The molecule has 0 aliphatic carbocycles. The van der Waals surface area contributed by atoms with Crippen LogP contribution in [0.5, 0.6) is 5.75 Å². The zero-order valence-electron chi connectivity index (χ0n) is 8.54. The normalized spacial score (nSPS) is 10.5. The van der Waals surface area contributed by atoms with Crippen LogP contribution in [0, 0.1) is 11.5 Å². The van der Waals surface area contributed by atoms with Gasteiger partial charge in [-0.15, -0.1) is 5.26 Å². The summed E-state index contributed by atoms with van der Waals surface area (Å²) in [6, 6.07) is 2.16. The molecule has 0 aliphatic heterocycles. The fourth-order valence-corrected chi connectivity index (χ4v) is 1.11. The topological polar surface area (TPSA) is 59.3 Å². The van der Waals surface area contributed by atoms with Crippen LogP contribution < -0.4 is 4.74 Å². The average Bonchev–Trinajstić information content (AvgIpc) is 2.27. The molecule has 0 aliphatic rings. The Morgan fingerprint density at radius 2 is 2.06 bits per heavy atom. The minimum Gasteiger partial charge on any atom is -0.465 e. The number of carbonyl (C=O) groups is 1. The van der Waals surface area contributed by atoms with Crippen molar-refractivity contribution in [3.05, 3.63) is 29.3 Å². The quantitative estimate of drug-likeness (QED) is 0.592. The van der Waals surface area contributed by atoms with Gasteiger partial charge in [0.2, 0.25) is 0 Å². The maximum absolute atomic E-state index is 12.4. The van der Waals surface area contributed by atoms with E-state index in [9.17, 15) is 18.0 Å². The van der Waals surface area contributed by atoms with E-state index in [0.717, 1.165) is 13.2 Å². The highest BCUT2D eigenvalue weighted by atomic mass is 19.4. The second kappa shape index (κ2) is 4.74. The molecule has 1 aromatic carbocycles. The van der Waals surface area contributed by atoms with Gasteiger partial charge in [0.05, 0.1) is 12.7 Å². The fourth-order valence-electron chi connectivity index (χ4n) is 1.11. The van der Waals surface area contributed by atoms with Gasteiger partial charge in [0.25, 0.3) is 6.26 Å². The van der Waals surface area contributed by atoms with Crippen molar-refractivity contribution in [1.29, 1.82) is 5.26 Å². The maximum Gasteiger partial charge on any atom is 0.416 e. The van der Waals surface area contributed by atoms with E-state index in [4.69, 9.17) is 5.26 Å². The third-order valence-corrected chi connectivity index (χ3v) is 1.87. The van der Waals surface area contributed by atoms with Crippen LogP contribution in [0.3, 0.4) is 0 Å².